The lowest BCUT2D eigenvalue weighted by atomic mass is 10.1. The molecular formula is C19H18Cl2N2O3. The molecule has 0 saturated carbocycles. The van der Waals surface area contributed by atoms with Crippen molar-refractivity contribution >= 4 is 40.7 Å². The van der Waals surface area contributed by atoms with E-state index in [2.05, 4.69) is 5.32 Å². The van der Waals surface area contributed by atoms with E-state index in [1.807, 2.05) is 0 Å². The van der Waals surface area contributed by atoms with Crippen molar-refractivity contribution in [1.82, 2.24) is 4.90 Å². The van der Waals surface area contributed by atoms with Crippen molar-refractivity contribution < 1.29 is 14.3 Å². The lowest BCUT2D eigenvalue weighted by Crippen LogP contribution is -2.41. The van der Waals surface area contributed by atoms with Crippen LogP contribution in [0.1, 0.15) is 15.9 Å². The number of nitrogens with one attached hydrogen (secondary N) is 1. The first-order chi connectivity index (χ1) is 12.6. The predicted octanol–water partition coefficient (Wildman–Crippen LogP) is 3.65. The maximum absolute atomic E-state index is 12.7. The first kappa shape index (κ1) is 18.7. The number of hydrogen-bond donors (Lipinski definition) is 1. The molecule has 26 heavy (non-hydrogen) atoms. The zero-order valence-electron chi connectivity index (χ0n) is 14.0. The Morgan fingerprint density at radius 1 is 1.00 bits per heavy atom. The summed E-state index contributed by atoms with van der Waals surface area (Å²) < 4.78 is 5.28. The molecule has 1 aliphatic heterocycles. The van der Waals surface area contributed by atoms with E-state index >= 15 is 0 Å². The molecule has 1 aliphatic rings. The lowest BCUT2D eigenvalue weighted by molar-refractivity contribution is -0.115. The predicted molar refractivity (Wildman–Crippen MR) is 102 cm³/mol. The van der Waals surface area contributed by atoms with Gasteiger partial charge in [0.15, 0.2) is 0 Å². The summed E-state index contributed by atoms with van der Waals surface area (Å²) in [6, 6.07) is 12.1. The Kier molecular flexibility index (Phi) is 6.14. The number of carbonyl (C=O) groups excluding carboxylic acids is 2. The third kappa shape index (κ3) is 4.36. The first-order valence-corrected chi connectivity index (χ1v) is 9.00. The Labute approximate surface area is 161 Å². The number of ether oxygens (including phenoxy) is 1. The molecule has 2 aromatic rings. The van der Waals surface area contributed by atoms with E-state index < -0.39 is 0 Å². The second kappa shape index (κ2) is 8.54. The highest BCUT2D eigenvalue weighted by Gasteiger charge is 2.21. The Hall–Kier alpha value is -2.08. The molecule has 0 aromatic heterocycles. The number of morpholine rings is 1. The summed E-state index contributed by atoms with van der Waals surface area (Å²) in [5, 5.41) is 3.67. The first-order valence-electron chi connectivity index (χ1n) is 8.25. The molecule has 0 radical (unpaired) electrons. The largest absolute Gasteiger partial charge is 0.378 e. The van der Waals surface area contributed by atoms with Gasteiger partial charge in [-0.3, -0.25) is 9.59 Å². The van der Waals surface area contributed by atoms with Crippen LogP contribution in [0.4, 0.5) is 5.69 Å². The SMILES string of the molecule is O=C(Cc1c(Cl)cccc1Cl)Nc1ccccc1C(=O)N1CCOCC1. The van der Waals surface area contributed by atoms with Crippen LogP contribution in [-0.4, -0.2) is 43.0 Å². The smallest absolute Gasteiger partial charge is 0.256 e. The number of anilines is 1. The number of hydrogen-bond acceptors (Lipinski definition) is 3. The third-order valence-corrected chi connectivity index (χ3v) is 4.84. The summed E-state index contributed by atoms with van der Waals surface area (Å²) in [4.78, 5) is 26.9. The Bertz CT molecular complexity index is 800. The standard InChI is InChI=1S/C19H18Cl2N2O3/c20-15-5-3-6-16(21)14(15)12-18(24)22-17-7-2-1-4-13(17)19(25)23-8-10-26-11-9-23/h1-7H,8-12H2,(H,22,24). The highest BCUT2D eigenvalue weighted by Crippen LogP contribution is 2.25. The van der Waals surface area contributed by atoms with Gasteiger partial charge in [-0.15, -0.1) is 0 Å². The number of benzene rings is 2. The maximum Gasteiger partial charge on any atom is 0.256 e. The molecule has 0 spiro atoms. The molecule has 1 fully saturated rings. The second-order valence-electron chi connectivity index (χ2n) is 5.88. The normalized spacial score (nSPS) is 14.2. The van der Waals surface area contributed by atoms with E-state index in [0.29, 0.717) is 53.2 Å². The van der Waals surface area contributed by atoms with Gasteiger partial charge in [-0.1, -0.05) is 41.4 Å². The number of amides is 2. The molecule has 0 aliphatic carbocycles. The molecule has 7 heteroatoms. The van der Waals surface area contributed by atoms with Crippen molar-refractivity contribution in [2.45, 2.75) is 6.42 Å². The average molecular weight is 393 g/mol. The van der Waals surface area contributed by atoms with Crippen LogP contribution in [0.25, 0.3) is 0 Å². The Morgan fingerprint density at radius 3 is 2.35 bits per heavy atom. The fourth-order valence-electron chi connectivity index (χ4n) is 2.77. The van der Waals surface area contributed by atoms with Gasteiger partial charge in [0.05, 0.1) is 30.9 Å². The van der Waals surface area contributed by atoms with Gasteiger partial charge in [-0.25, -0.2) is 0 Å². The van der Waals surface area contributed by atoms with E-state index in [-0.39, 0.29) is 18.2 Å². The maximum atomic E-state index is 12.7. The summed E-state index contributed by atoms with van der Waals surface area (Å²) in [7, 11) is 0. The Morgan fingerprint density at radius 2 is 1.65 bits per heavy atom. The lowest BCUT2D eigenvalue weighted by Gasteiger charge is -2.27. The van der Waals surface area contributed by atoms with Crippen molar-refractivity contribution in [3.63, 3.8) is 0 Å². The van der Waals surface area contributed by atoms with Gasteiger partial charge in [0.1, 0.15) is 0 Å². The molecule has 0 unspecified atom stereocenters. The van der Waals surface area contributed by atoms with E-state index in [0.717, 1.165) is 0 Å². The van der Waals surface area contributed by atoms with Crippen molar-refractivity contribution in [3.05, 3.63) is 63.6 Å². The summed E-state index contributed by atoms with van der Waals surface area (Å²) in [5.41, 5.74) is 1.48. The van der Waals surface area contributed by atoms with E-state index in [9.17, 15) is 9.59 Å². The van der Waals surface area contributed by atoms with Crippen LogP contribution in [0.15, 0.2) is 42.5 Å². The molecule has 1 N–H and O–H groups in total. The summed E-state index contributed by atoms with van der Waals surface area (Å²) >= 11 is 12.2. The second-order valence-corrected chi connectivity index (χ2v) is 6.69. The number of carbonyl (C=O) groups is 2. The van der Waals surface area contributed by atoms with Crippen molar-refractivity contribution in [2.24, 2.45) is 0 Å². The van der Waals surface area contributed by atoms with Crippen molar-refractivity contribution in [2.75, 3.05) is 31.6 Å². The molecule has 2 aromatic carbocycles. The molecule has 136 valence electrons. The van der Waals surface area contributed by atoms with Gasteiger partial charge >= 0.3 is 0 Å². The minimum absolute atomic E-state index is 0.0264. The molecule has 1 saturated heterocycles. The third-order valence-electron chi connectivity index (χ3n) is 4.13. The fraction of sp³-hybridized carbons (Fsp3) is 0.263. The fourth-order valence-corrected chi connectivity index (χ4v) is 3.30. The van der Waals surface area contributed by atoms with Crippen LogP contribution < -0.4 is 5.32 Å². The number of halogens is 2. The molecule has 2 amide bonds. The quantitative estimate of drug-likeness (QED) is 0.863. The topological polar surface area (TPSA) is 58.6 Å². The molecular weight excluding hydrogens is 375 g/mol. The highest BCUT2D eigenvalue weighted by molar-refractivity contribution is 6.36. The average Bonchev–Trinajstić information content (AvgIpc) is 2.65. The monoisotopic (exact) mass is 392 g/mol. The minimum atomic E-state index is -0.290. The van der Waals surface area contributed by atoms with Crippen LogP contribution in [-0.2, 0) is 16.0 Å². The number of rotatable bonds is 4. The molecule has 0 bridgehead atoms. The zero-order valence-corrected chi connectivity index (χ0v) is 15.5. The summed E-state index contributed by atoms with van der Waals surface area (Å²) in [6.45, 7) is 2.11. The highest BCUT2D eigenvalue weighted by atomic mass is 35.5. The van der Waals surface area contributed by atoms with Gasteiger partial charge in [0.2, 0.25) is 5.91 Å². The van der Waals surface area contributed by atoms with Crippen LogP contribution in [0.3, 0.4) is 0 Å². The van der Waals surface area contributed by atoms with E-state index in [1.54, 1.807) is 47.4 Å². The number of para-hydroxylation sites is 1. The van der Waals surface area contributed by atoms with Crippen LogP contribution in [0.5, 0.6) is 0 Å². The zero-order chi connectivity index (χ0) is 18.5. The van der Waals surface area contributed by atoms with Crippen LogP contribution in [0, 0.1) is 0 Å². The van der Waals surface area contributed by atoms with Gasteiger partial charge in [-0.05, 0) is 29.8 Å². The van der Waals surface area contributed by atoms with E-state index in [4.69, 9.17) is 27.9 Å². The molecule has 0 atom stereocenters. The molecule has 1 heterocycles. The van der Waals surface area contributed by atoms with Gasteiger partial charge in [-0.2, -0.15) is 0 Å². The van der Waals surface area contributed by atoms with E-state index in [1.165, 1.54) is 0 Å². The number of nitrogens with zero attached hydrogens (tertiary/aromatic N) is 1. The van der Waals surface area contributed by atoms with Crippen molar-refractivity contribution in [3.8, 4) is 0 Å². The van der Waals surface area contributed by atoms with Crippen LogP contribution in [0.2, 0.25) is 10.0 Å². The van der Waals surface area contributed by atoms with Crippen molar-refractivity contribution in [1.29, 1.82) is 0 Å². The van der Waals surface area contributed by atoms with Crippen LogP contribution >= 0.6 is 23.2 Å². The van der Waals surface area contributed by atoms with Gasteiger partial charge < -0.3 is 15.0 Å². The molecule has 5 nitrogen and oxygen atoms in total. The summed E-state index contributed by atoms with van der Waals surface area (Å²) in [5.74, 6) is -0.415. The Balaban J connectivity index is 1.75. The van der Waals surface area contributed by atoms with Gasteiger partial charge in [0.25, 0.3) is 5.91 Å². The molecule has 3 rings (SSSR count). The minimum Gasteiger partial charge on any atom is -0.378 e. The summed E-state index contributed by atoms with van der Waals surface area (Å²) in [6.07, 6.45) is 0.0264. The van der Waals surface area contributed by atoms with Gasteiger partial charge in [0, 0.05) is 23.1 Å².